The van der Waals surface area contributed by atoms with E-state index in [2.05, 4.69) is 59.9 Å². The topological polar surface area (TPSA) is 22.1 Å². The number of benzene rings is 1. The summed E-state index contributed by atoms with van der Waals surface area (Å²) in [6.07, 6.45) is 3.60. The molecule has 2 aromatic rings. The number of ether oxygens (including phenoxy) is 1. The van der Waals surface area contributed by atoms with Crippen molar-refractivity contribution in [3.63, 3.8) is 0 Å². The third-order valence-corrected chi connectivity index (χ3v) is 3.47. The quantitative estimate of drug-likeness (QED) is 0.803. The van der Waals surface area contributed by atoms with Gasteiger partial charge in [0.05, 0.1) is 0 Å². The fourth-order valence-corrected chi connectivity index (χ4v) is 2.24. The molecule has 0 spiro atoms. The van der Waals surface area contributed by atoms with Gasteiger partial charge in [0.1, 0.15) is 12.4 Å². The summed E-state index contributed by atoms with van der Waals surface area (Å²) in [6, 6.07) is 8.43. The minimum atomic E-state index is 0.510. The molecule has 2 rings (SSSR count). The lowest BCUT2D eigenvalue weighted by molar-refractivity contribution is 0.303. The van der Waals surface area contributed by atoms with Crippen LogP contribution >= 0.6 is 15.9 Å². The molecule has 0 bridgehead atoms. The highest BCUT2D eigenvalue weighted by molar-refractivity contribution is 9.10. The molecule has 0 unspecified atom stereocenters. The van der Waals surface area contributed by atoms with Crippen LogP contribution in [0.4, 0.5) is 0 Å². The summed E-state index contributed by atoms with van der Waals surface area (Å²) < 4.78 is 6.88. The van der Waals surface area contributed by atoms with E-state index in [1.54, 1.807) is 6.20 Å². The van der Waals surface area contributed by atoms with Gasteiger partial charge in [0.25, 0.3) is 0 Å². The Hall–Kier alpha value is -1.35. The third kappa shape index (κ3) is 3.80. The molecule has 0 radical (unpaired) electrons. The number of halogens is 1. The summed E-state index contributed by atoms with van der Waals surface area (Å²) in [5.74, 6) is 1.46. The van der Waals surface area contributed by atoms with Crippen molar-refractivity contribution in [2.24, 2.45) is 0 Å². The van der Waals surface area contributed by atoms with Crippen LogP contribution in [-0.2, 0) is 6.61 Å². The SMILES string of the molecule is Cc1ccc(C(C)C)cc1OCc1cncc(Br)c1. The van der Waals surface area contributed by atoms with E-state index in [0.717, 1.165) is 21.3 Å². The van der Waals surface area contributed by atoms with E-state index in [4.69, 9.17) is 4.74 Å². The molecule has 3 heteroatoms. The Morgan fingerprint density at radius 2 is 2.00 bits per heavy atom. The van der Waals surface area contributed by atoms with Gasteiger partial charge in [-0.15, -0.1) is 0 Å². The minimum Gasteiger partial charge on any atom is -0.489 e. The Kier molecular flexibility index (Phi) is 4.59. The van der Waals surface area contributed by atoms with Gasteiger partial charge in [-0.05, 0) is 52.0 Å². The maximum Gasteiger partial charge on any atom is 0.123 e. The van der Waals surface area contributed by atoms with Crippen LogP contribution in [0.1, 0.15) is 36.5 Å². The van der Waals surface area contributed by atoms with Crippen molar-refractivity contribution < 1.29 is 4.74 Å². The van der Waals surface area contributed by atoms with Crippen LogP contribution in [0.2, 0.25) is 0 Å². The van der Waals surface area contributed by atoms with Crippen molar-refractivity contribution in [2.45, 2.75) is 33.3 Å². The number of pyridine rings is 1. The molecule has 0 aliphatic heterocycles. The standard InChI is InChI=1S/C16H18BrNO/c1-11(2)14-5-4-12(3)16(7-14)19-10-13-6-15(17)9-18-8-13/h4-9,11H,10H2,1-3H3. The predicted molar refractivity (Wildman–Crippen MR) is 81.5 cm³/mol. The number of aromatic nitrogens is 1. The Balaban J connectivity index is 2.12. The molecule has 100 valence electrons. The van der Waals surface area contributed by atoms with Crippen molar-refractivity contribution in [3.8, 4) is 5.75 Å². The number of aryl methyl sites for hydroxylation is 1. The van der Waals surface area contributed by atoms with Gasteiger partial charge in [-0.1, -0.05) is 26.0 Å². The highest BCUT2D eigenvalue weighted by Gasteiger charge is 2.05. The zero-order valence-electron chi connectivity index (χ0n) is 11.5. The lowest BCUT2D eigenvalue weighted by atomic mass is 10.0. The third-order valence-electron chi connectivity index (χ3n) is 3.03. The zero-order valence-corrected chi connectivity index (χ0v) is 13.1. The van der Waals surface area contributed by atoms with Gasteiger partial charge in [0.2, 0.25) is 0 Å². The number of hydrogen-bond donors (Lipinski definition) is 0. The molecule has 0 N–H and O–H groups in total. The fourth-order valence-electron chi connectivity index (χ4n) is 1.83. The molecule has 0 atom stereocenters. The highest BCUT2D eigenvalue weighted by Crippen LogP contribution is 2.25. The Labute approximate surface area is 123 Å². The van der Waals surface area contributed by atoms with Gasteiger partial charge in [-0.25, -0.2) is 0 Å². The summed E-state index contributed by atoms with van der Waals surface area (Å²) >= 11 is 3.42. The smallest absolute Gasteiger partial charge is 0.123 e. The Morgan fingerprint density at radius 3 is 2.68 bits per heavy atom. The van der Waals surface area contributed by atoms with E-state index in [9.17, 15) is 0 Å². The zero-order chi connectivity index (χ0) is 13.8. The van der Waals surface area contributed by atoms with Crippen LogP contribution in [0.3, 0.4) is 0 Å². The molecule has 1 aromatic carbocycles. The first-order valence-corrected chi connectivity index (χ1v) is 7.18. The molecule has 0 aliphatic carbocycles. The monoisotopic (exact) mass is 319 g/mol. The molecule has 1 aromatic heterocycles. The van der Waals surface area contributed by atoms with Crippen molar-refractivity contribution in [2.75, 3.05) is 0 Å². The number of hydrogen-bond acceptors (Lipinski definition) is 2. The number of rotatable bonds is 4. The molecular weight excluding hydrogens is 302 g/mol. The summed E-state index contributed by atoms with van der Waals surface area (Å²) in [4.78, 5) is 4.14. The van der Waals surface area contributed by atoms with Crippen molar-refractivity contribution in [3.05, 3.63) is 57.8 Å². The summed E-state index contributed by atoms with van der Waals surface area (Å²) in [5.41, 5.74) is 3.52. The van der Waals surface area contributed by atoms with Gasteiger partial charge in [0, 0.05) is 22.4 Å². The van der Waals surface area contributed by atoms with Crippen molar-refractivity contribution in [1.82, 2.24) is 4.98 Å². The lowest BCUT2D eigenvalue weighted by Gasteiger charge is -2.12. The first-order valence-electron chi connectivity index (χ1n) is 6.39. The summed E-state index contributed by atoms with van der Waals surface area (Å²) in [6.45, 7) is 6.98. The average molecular weight is 320 g/mol. The van der Waals surface area contributed by atoms with E-state index in [1.807, 2.05) is 12.3 Å². The molecule has 0 fully saturated rings. The minimum absolute atomic E-state index is 0.510. The molecule has 19 heavy (non-hydrogen) atoms. The van der Waals surface area contributed by atoms with Crippen LogP contribution in [-0.4, -0.2) is 4.98 Å². The van der Waals surface area contributed by atoms with Crippen LogP contribution in [0.15, 0.2) is 41.1 Å². The molecule has 0 amide bonds. The number of nitrogens with zero attached hydrogens (tertiary/aromatic N) is 1. The van der Waals surface area contributed by atoms with Gasteiger partial charge in [-0.2, -0.15) is 0 Å². The molecular formula is C16H18BrNO. The van der Waals surface area contributed by atoms with Crippen LogP contribution in [0.5, 0.6) is 5.75 Å². The van der Waals surface area contributed by atoms with Gasteiger partial charge >= 0.3 is 0 Å². The summed E-state index contributed by atoms with van der Waals surface area (Å²) in [7, 11) is 0. The Morgan fingerprint density at radius 1 is 1.21 bits per heavy atom. The second-order valence-corrected chi connectivity index (χ2v) is 5.90. The first-order chi connectivity index (χ1) is 9.06. The summed E-state index contributed by atoms with van der Waals surface area (Å²) in [5, 5.41) is 0. The lowest BCUT2D eigenvalue weighted by Crippen LogP contribution is -1.99. The Bertz CT molecular complexity index is 566. The fraction of sp³-hybridized carbons (Fsp3) is 0.312. The normalized spacial score (nSPS) is 10.8. The van der Waals surface area contributed by atoms with Crippen LogP contribution in [0.25, 0.3) is 0 Å². The molecule has 0 aliphatic rings. The van der Waals surface area contributed by atoms with E-state index in [-0.39, 0.29) is 0 Å². The largest absolute Gasteiger partial charge is 0.489 e. The van der Waals surface area contributed by atoms with E-state index < -0.39 is 0 Å². The van der Waals surface area contributed by atoms with Crippen molar-refractivity contribution in [1.29, 1.82) is 0 Å². The van der Waals surface area contributed by atoms with Gasteiger partial charge in [0.15, 0.2) is 0 Å². The molecule has 0 saturated carbocycles. The second-order valence-electron chi connectivity index (χ2n) is 4.98. The van der Waals surface area contributed by atoms with E-state index in [0.29, 0.717) is 12.5 Å². The van der Waals surface area contributed by atoms with E-state index in [1.165, 1.54) is 5.56 Å². The second kappa shape index (κ2) is 6.20. The highest BCUT2D eigenvalue weighted by atomic mass is 79.9. The molecule has 1 heterocycles. The van der Waals surface area contributed by atoms with E-state index >= 15 is 0 Å². The van der Waals surface area contributed by atoms with Crippen LogP contribution < -0.4 is 4.74 Å². The van der Waals surface area contributed by atoms with Crippen LogP contribution in [0, 0.1) is 6.92 Å². The maximum absolute atomic E-state index is 5.91. The molecule has 0 saturated heterocycles. The maximum atomic E-state index is 5.91. The predicted octanol–water partition coefficient (Wildman–Crippen LogP) is 4.85. The van der Waals surface area contributed by atoms with Gasteiger partial charge in [-0.3, -0.25) is 4.98 Å². The first kappa shape index (κ1) is 14.1. The van der Waals surface area contributed by atoms with Gasteiger partial charge < -0.3 is 4.74 Å². The van der Waals surface area contributed by atoms with Crippen molar-refractivity contribution >= 4 is 15.9 Å². The average Bonchev–Trinajstić information content (AvgIpc) is 2.37. The molecule has 2 nitrogen and oxygen atoms in total.